The number of hydrogen-bond donors (Lipinski definition) is 2. The number of guanidine groups is 2. The predicted octanol–water partition coefficient (Wildman–Crippen LogP) is 2.40. The fourth-order valence-electron chi connectivity index (χ4n) is 0.815. The quantitative estimate of drug-likeness (QED) is 0.474. The van der Waals surface area contributed by atoms with Crippen LogP contribution in [0.25, 0.3) is 0 Å². The topological polar surface area (TPSA) is 80.0 Å². The third kappa shape index (κ3) is 7.12. The summed E-state index contributed by atoms with van der Waals surface area (Å²) < 4.78 is 0.605. The average molecular weight is 319 g/mol. The molecule has 0 atom stereocenters. The van der Waals surface area contributed by atoms with Crippen molar-refractivity contribution in [1.82, 2.24) is 3.94 Å². The molecule has 0 aliphatic rings. The fraction of sp³-hybridized carbons (Fsp3) is 0. The maximum absolute atomic E-state index is 5.48. The average Bonchev–Trinajstić information content (AvgIpc) is 2.18. The van der Waals surface area contributed by atoms with Crippen molar-refractivity contribution in [2.24, 2.45) is 21.5 Å². The van der Waals surface area contributed by atoms with Gasteiger partial charge in [0.2, 0.25) is 11.9 Å². The third-order valence-corrected chi connectivity index (χ3v) is 1.75. The van der Waals surface area contributed by atoms with Crippen LogP contribution in [0.3, 0.4) is 0 Å². The maximum Gasteiger partial charge on any atom is 0.229 e. The van der Waals surface area contributed by atoms with Crippen molar-refractivity contribution in [3.63, 3.8) is 0 Å². The molecule has 0 unspecified atom stereocenters. The highest BCUT2D eigenvalue weighted by molar-refractivity contribution is 6.42. The predicted molar refractivity (Wildman–Crippen MR) is 77.4 cm³/mol. The highest BCUT2D eigenvalue weighted by Crippen LogP contribution is 2.09. The number of aliphatic imine (C=N–C) groups is 2. The highest BCUT2D eigenvalue weighted by Gasteiger charge is 2.00. The van der Waals surface area contributed by atoms with Crippen molar-refractivity contribution < 1.29 is 0 Å². The summed E-state index contributed by atoms with van der Waals surface area (Å²) in [6.07, 6.45) is 0. The lowest BCUT2D eigenvalue weighted by atomic mass is 10.3. The second kappa shape index (κ2) is 9.18. The first kappa shape index (κ1) is 18.5. The minimum Gasteiger partial charge on any atom is -0.368 e. The van der Waals surface area contributed by atoms with E-state index in [0.717, 1.165) is 0 Å². The molecule has 0 fully saturated rings. The Bertz CT molecular complexity index is 379. The molecule has 0 aliphatic heterocycles. The second-order valence-electron chi connectivity index (χ2n) is 2.51. The largest absolute Gasteiger partial charge is 0.368 e. The monoisotopic (exact) mass is 317 g/mol. The van der Waals surface area contributed by atoms with Gasteiger partial charge in [-0.1, -0.05) is 18.2 Å². The van der Waals surface area contributed by atoms with Crippen molar-refractivity contribution in [1.29, 1.82) is 0 Å². The molecule has 0 bridgehead atoms. The molecule has 0 amide bonds. The lowest BCUT2D eigenvalue weighted by Gasteiger charge is -2.02. The Morgan fingerprint density at radius 3 is 2.06 bits per heavy atom. The van der Waals surface area contributed by atoms with Gasteiger partial charge in [-0.15, -0.1) is 24.8 Å². The second-order valence-corrected chi connectivity index (χ2v) is 3.36. The van der Waals surface area contributed by atoms with Gasteiger partial charge >= 0.3 is 0 Å². The molecule has 0 heterocycles. The zero-order valence-electron chi connectivity index (χ0n) is 8.46. The molecule has 5 nitrogen and oxygen atoms in total. The first-order valence-electron chi connectivity index (χ1n) is 3.94. The van der Waals surface area contributed by atoms with Gasteiger partial charge in [-0.25, -0.2) is 4.99 Å². The lowest BCUT2D eigenvalue weighted by Crippen LogP contribution is -2.25. The van der Waals surface area contributed by atoms with E-state index in [1.165, 1.54) is 0 Å². The minimum absolute atomic E-state index is 0. The van der Waals surface area contributed by atoms with Gasteiger partial charge in [-0.2, -0.15) is 8.93 Å². The van der Waals surface area contributed by atoms with E-state index in [1.807, 2.05) is 18.2 Å². The Morgan fingerprint density at radius 1 is 1.06 bits per heavy atom. The van der Waals surface area contributed by atoms with Crippen molar-refractivity contribution in [3.05, 3.63) is 30.3 Å². The van der Waals surface area contributed by atoms with E-state index >= 15 is 0 Å². The SMILES string of the molecule is Cl.Cl.NC(=Nc1ccccc1)/N=C(/N)N(Cl)Cl. The van der Waals surface area contributed by atoms with Crippen molar-refractivity contribution in [3.8, 4) is 0 Å². The van der Waals surface area contributed by atoms with Crippen LogP contribution in [-0.4, -0.2) is 15.9 Å². The number of halogens is 4. The van der Waals surface area contributed by atoms with Gasteiger partial charge in [-0.05, 0) is 12.1 Å². The fourth-order valence-corrected chi connectivity index (χ4v) is 0.891. The van der Waals surface area contributed by atoms with Gasteiger partial charge in [0.25, 0.3) is 0 Å². The van der Waals surface area contributed by atoms with Crippen molar-refractivity contribution in [2.45, 2.75) is 0 Å². The molecule has 0 radical (unpaired) electrons. The van der Waals surface area contributed by atoms with E-state index in [2.05, 4.69) is 9.98 Å². The summed E-state index contributed by atoms with van der Waals surface area (Å²) >= 11 is 10.6. The number of hydrogen-bond acceptors (Lipinski definition) is 1. The Morgan fingerprint density at radius 2 is 1.59 bits per heavy atom. The number of para-hydroxylation sites is 1. The Labute approximate surface area is 122 Å². The van der Waals surface area contributed by atoms with Crippen molar-refractivity contribution >= 4 is 66.0 Å². The van der Waals surface area contributed by atoms with Crippen LogP contribution in [0.2, 0.25) is 0 Å². The molecule has 4 N–H and O–H groups in total. The van der Waals surface area contributed by atoms with Gasteiger partial charge in [-0.3, -0.25) is 0 Å². The normalized spacial score (nSPS) is 11.2. The van der Waals surface area contributed by atoms with E-state index in [0.29, 0.717) is 9.63 Å². The zero-order valence-corrected chi connectivity index (χ0v) is 11.6. The van der Waals surface area contributed by atoms with Gasteiger partial charge in [0.05, 0.1) is 5.69 Å². The first-order chi connectivity index (χ1) is 7.09. The molecule has 96 valence electrons. The summed E-state index contributed by atoms with van der Waals surface area (Å²) in [5, 5.41) is 0. The lowest BCUT2D eigenvalue weighted by molar-refractivity contribution is 1.05. The van der Waals surface area contributed by atoms with Crippen molar-refractivity contribution in [2.75, 3.05) is 0 Å². The third-order valence-electron chi connectivity index (χ3n) is 1.40. The van der Waals surface area contributed by atoms with Gasteiger partial charge in [0.1, 0.15) is 0 Å². The Kier molecular flexibility index (Phi) is 9.98. The van der Waals surface area contributed by atoms with Crippen LogP contribution < -0.4 is 11.5 Å². The summed E-state index contributed by atoms with van der Waals surface area (Å²) in [6.45, 7) is 0. The smallest absolute Gasteiger partial charge is 0.229 e. The van der Waals surface area contributed by atoms with E-state index in [1.54, 1.807) is 12.1 Å². The van der Waals surface area contributed by atoms with Crippen LogP contribution in [0.5, 0.6) is 0 Å². The standard InChI is InChI=1S/C8H9Cl2N5.2ClH/c9-15(10)8(12)14-7(11)13-6-4-2-1-3-5-6;;/h1-5H,(H4,11,12,13,14);2*1H. The van der Waals surface area contributed by atoms with Gasteiger partial charge in [0.15, 0.2) is 0 Å². The number of benzene rings is 1. The molecule has 0 spiro atoms. The van der Waals surface area contributed by atoms with Crippen LogP contribution in [0.15, 0.2) is 40.3 Å². The molecular formula is C8H11Cl4N5. The molecule has 9 heteroatoms. The molecule has 1 aromatic rings. The molecule has 1 rings (SSSR count). The van der Waals surface area contributed by atoms with E-state index in [-0.39, 0.29) is 36.7 Å². The Balaban J connectivity index is 0. The Hall–Kier alpha value is -0.880. The minimum atomic E-state index is -0.143. The maximum atomic E-state index is 5.48. The highest BCUT2D eigenvalue weighted by atomic mass is 35.5. The summed E-state index contributed by atoms with van der Waals surface area (Å²) in [5.41, 5.74) is 11.5. The van der Waals surface area contributed by atoms with Crippen LogP contribution in [0.4, 0.5) is 5.69 Å². The number of rotatable bonds is 1. The molecule has 0 aromatic heterocycles. The van der Waals surface area contributed by atoms with Gasteiger partial charge < -0.3 is 11.5 Å². The molecule has 1 aromatic carbocycles. The zero-order chi connectivity index (χ0) is 11.3. The van der Waals surface area contributed by atoms with Crippen LogP contribution in [0.1, 0.15) is 0 Å². The van der Waals surface area contributed by atoms with Gasteiger partial charge in [0, 0.05) is 23.6 Å². The van der Waals surface area contributed by atoms with Crippen LogP contribution >= 0.6 is 48.4 Å². The van der Waals surface area contributed by atoms with Crippen LogP contribution in [0, 0.1) is 0 Å². The summed E-state index contributed by atoms with van der Waals surface area (Å²) in [6, 6.07) is 9.07. The van der Waals surface area contributed by atoms with E-state index in [9.17, 15) is 0 Å². The summed E-state index contributed by atoms with van der Waals surface area (Å²) in [7, 11) is 0. The summed E-state index contributed by atoms with van der Waals surface area (Å²) in [4.78, 5) is 7.62. The molecule has 0 saturated carbocycles. The first-order valence-corrected chi connectivity index (χ1v) is 4.62. The number of nitrogens with two attached hydrogens (primary N) is 2. The van der Waals surface area contributed by atoms with E-state index < -0.39 is 0 Å². The van der Waals surface area contributed by atoms with Crippen LogP contribution in [-0.2, 0) is 0 Å². The molecule has 0 saturated heterocycles. The van der Waals surface area contributed by atoms with E-state index in [4.69, 9.17) is 35.0 Å². The molecule has 17 heavy (non-hydrogen) atoms. The molecule has 0 aliphatic carbocycles. The summed E-state index contributed by atoms with van der Waals surface area (Å²) in [5.74, 6) is -0.166. The number of nitrogens with zero attached hydrogens (tertiary/aromatic N) is 3. The molecular weight excluding hydrogens is 308 g/mol.